The molecule has 0 radical (unpaired) electrons. The van der Waals surface area contributed by atoms with Crippen molar-refractivity contribution in [3.63, 3.8) is 0 Å². The maximum Gasteiger partial charge on any atom is 0.415 e. The predicted octanol–water partition coefficient (Wildman–Crippen LogP) is 3.72. The van der Waals surface area contributed by atoms with E-state index < -0.39 is 17.7 Å². The van der Waals surface area contributed by atoms with Crippen molar-refractivity contribution < 1.29 is 14.3 Å². The summed E-state index contributed by atoms with van der Waals surface area (Å²) in [4.78, 5) is 26.2. The van der Waals surface area contributed by atoms with Crippen molar-refractivity contribution in [3.05, 3.63) is 42.5 Å². The van der Waals surface area contributed by atoms with E-state index in [1.807, 2.05) is 42.5 Å². The predicted molar refractivity (Wildman–Crippen MR) is 96.2 cm³/mol. The number of hydrogen-bond acceptors (Lipinski definition) is 3. The number of ether oxygens (including phenoxy) is 1. The van der Waals surface area contributed by atoms with Gasteiger partial charge in [0.05, 0.1) is 0 Å². The maximum atomic E-state index is 12.7. The minimum Gasteiger partial charge on any atom is -0.443 e. The summed E-state index contributed by atoms with van der Waals surface area (Å²) in [6.07, 6.45) is -0.547. The molecule has 0 unspecified atom stereocenters. The third-order valence-electron chi connectivity index (χ3n) is 3.61. The second-order valence-corrected chi connectivity index (χ2v) is 6.67. The van der Waals surface area contributed by atoms with E-state index in [1.165, 1.54) is 4.90 Å². The summed E-state index contributed by atoms with van der Waals surface area (Å²) >= 11 is 0. The van der Waals surface area contributed by atoms with E-state index in [-0.39, 0.29) is 5.91 Å². The van der Waals surface area contributed by atoms with Crippen LogP contribution in [0.15, 0.2) is 42.5 Å². The molecule has 5 heteroatoms. The van der Waals surface area contributed by atoms with Crippen LogP contribution in [-0.2, 0) is 9.53 Å². The van der Waals surface area contributed by atoms with Crippen molar-refractivity contribution in [2.24, 2.45) is 0 Å². The normalized spacial score (nSPS) is 12.5. The second kappa shape index (κ2) is 6.91. The highest BCUT2D eigenvalue weighted by atomic mass is 16.6. The van der Waals surface area contributed by atoms with Crippen molar-refractivity contribution in [1.82, 2.24) is 5.32 Å². The summed E-state index contributed by atoms with van der Waals surface area (Å²) in [7, 11) is 1.55. The van der Waals surface area contributed by atoms with Gasteiger partial charge in [-0.25, -0.2) is 4.79 Å². The molecule has 5 nitrogen and oxygen atoms in total. The lowest BCUT2D eigenvalue weighted by atomic mass is 10.1. The molecule has 0 spiro atoms. The zero-order valence-corrected chi connectivity index (χ0v) is 14.8. The lowest BCUT2D eigenvalue weighted by molar-refractivity contribution is -0.121. The molecule has 2 aromatic rings. The van der Waals surface area contributed by atoms with E-state index >= 15 is 0 Å². The van der Waals surface area contributed by atoms with Gasteiger partial charge in [-0.05, 0) is 50.6 Å². The molecule has 1 N–H and O–H groups in total. The molecule has 24 heavy (non-hydrogen) atoms. The van der Waals surface area contributed by atoms with E-state index in [9.17, 15) is 9.59 Å². The lowest BCUT2D eigenvalue weighted by Gasteiger charge is -2.31. The van der Waals surface area contributed by atoms with Gasteiger partial charge >= 0.3 is 6.09 Å². The van der Waals surface area contributed by atoms with Crippen molar-refractivity contribution >= 4 is 28.5 Å². The van der Waals surface area contributed by atoms with Crippen LogP contribution in [-0.4, -0.2) is 30.7 Å². The minimum absolute atomic E-state index is 0.256. The van der Waals surface area contributed by atoms with Crippen LogP contribution in [0.2, 0.25) is 0 Å². The molecule has 1 atom stereocenters. The minimum atomic E-state index is -0.689. The van der Waals surface area contributed by atoms with Gasteiger partial charge in [0.25, 0.3) is 0 Å². The highest BCUT2D eigenvalue weighted by molar-refractivity contribution is 5.99. The first-order chi connectivity index (χ1) is 11.2. The molecule has 2 aromatic carbocycles. The largest absolute Gasteiger partial charge is 0.443 e. The van der Waals surface area contributed by atoms with Crippen LogP contribution in [0.4, 0.5) is 10.5 Å². The van der Waals surface area contributed by atoms with Crippen molar-refractivity contribution in [3.8, 4) is 0 Å². The maximum absolute atomic E-state index is 12.7. The fourth-order valence-corrected chi connectivity index (χ4v) is 2.45. The lowest BCUT2D eigenvalue weighted by Crippen LogP contribution is -2.49. The molecule has 0 fully saturated rings. The van der Waals surface area contributed by atoms with Gasteiger partial charge in [-0.2, -0.15) is 0 Å². The van der Waals surface area contributed by atoms with E-state index in [2.05, 4.69) is 5.32 Å². The highest BCUT2D eigenvalue weighted by Crippen LogP contribution is 2.25. The Morgan fingerprint density at radius 3 is 2.29 bits per heavy atom. The Kier molecular flexibility index (Phi) is 5.12. The number of fused-ring (bicyclic) bond motifs is 1. The van der Waals surface area contributed by atoms with E-state index in [0.29, 0.717) is 5.69 Å². The molecule has 0 heterocycles. The molecule has 0 saturated heterocycles. The number of benzene rings is 2. The number of hydrogen-bond donors (Lipinski definition) is 1. The van der Waals surface area contributed by atoms with Gasteiger partial charge in [0, 0.05) is 12.7 Å². The van der Waals surface area contributed by atoms with E-state index in [1.54, 1.807) is 34.7 Å². The smallest absolute Gasteiger partial charge is 0.415 e. The van der Waals surface area contributed by atoms with Crippen LogP contribution in [0.25, 0.3) is 10.8 Å². The molecule has 2 amide bonds. The Bertz CT molecular complexity index is 750. The SMILES string of the molecule is CNC(=O)[C@H](C)N(C(=O)OC(C)(C)C)c1ccc2ccccc2c1. The van der Waals surface area contributed by atoms with Crippen molar-refractivity contribution in [1.29, 1.82) is 0 Å². The van der Waals surface area contributed by atoms with Crippen LogP contribution in [0.5, 0.6) is 0 Å². The molecule has 0 saturated carbocycles. The van der Waals surface area contributed by atoms with Crippen LogP contribution in [0, 0.1) is 0 Å². The number of nitrogens with one attached hydrogen (secondary N) is 1. The van der Waals surface area contributed by atoms with Crippen molar-refractivity contribution in [2.75, 3.05) is 11.9 Å². The Morgan fingerprint density at radius 1 is 1.08 bits per heavy atom. The number of nitrogens with zero attached hydrogens (tertiary/aromatic N) is 1. The van der Waals surface area contributed by atoms with Gasteiger partial charge in [0.1, 0.15) is 11.6 Å². The van der Waals surface area contributed by atoms with Crippen LogP contribution >= 0.6 is 0 Å². The summed E-state index contributed by atoms with van der Waals surface area (Å²) in [6, 6.07) is 12.8. The fraction of sp³-hybridized carbons (Fsp3) is 0.368. The molecule has 128 valence electrons. The van der Waals surface area contributed by atoms with Gasteiger partial charge in [0.15, 0.2) is 0 Å². The summed E-state index contributed by atoms with van der Waals surface area (Å²) < 4.78 is 5.49. The summed E-state index contributed by atoms with van der Waals surface area (Å²) in [5.41, 5.74) is -0.0201. The molecule has 0 aliphatic rings. The zero-order chi connectivity index (χ0) is 17.9. The van der Waals surface area contributed by atoms with Crippen LogP contribution in [0.1, 0.15) is 27.7 Å². The molecule has 0 aliphatic heterocycles. The van der Waals surface area contributed by atoms with Gasteiger partial charge in [-0.3, -0.25) is 9.69 Å². The first-order valence-electron chi connectivity index (χ1n) is 7.95. The second-order valence-electron chi connectivity index (χ2n) is 6.67. The Hall–Kier alpha value is -2.56. The van der Waals surface area contributed by atoms with E-state index in [0.717, 1.165) is 10.8 Å². The molecule has 2 rings (SSSR count). The number of carbonyl (C=O) groups is 2. The first kappa shape index (κ1) is 17.8. The van der Waals surface area contributed by atoms with E-state index in [4.69, 9.17) is 4.74 Å². The Labute approximate surface area is 142 Å². The number of rotatable bonds is 3. The topological polar surface area (TPSA) is 58.6 Å². The standard InChI is InChI=1S/C19H24N2O3/c1-13(17(22)20-5)21(18(23)24-19(2,3)4)16-11-10-14-8-6-7-9-15(14)12-16/h6-13H,1-5H3,(H,20,22)/t13-/m0/s1. The van der Waals surface area contributed by atoms with Gasteiger partial charge < -0.3 is 10.1 Å². The van der Waals surface area contributed by atoms with Gasteiger partial charge in [-0.1, -0.05) is 30.3 Å². The fourth-order valence-electron chi connectivity index (χ4n) is 2.45. The average molecular weight is 328 g/mol. The Balaban J connectivity index is 2.46. The van der Waals surface area contributed by atoms with Crippen LogP contribution < -0.4 is 10.2 Å². The first-order valence-corrected chi connectivity index (χ1v) is 7.95. The third kappa shape index (κ3) is 4.04. The number of amides is 2. The average Bonchev–Trinajstić information content (AvgIpc) is 2.52. The Morgan fingerprint density at radius 2 is 1.71 bits per heavy atom. The highest BCUT2D eigenvalue weighted by Gasteiger charge is 2.31. The molecule has 0 aliphatic carbocycles. The molecular formula is C19H24N2O3. The number of anilines is 1. The molecule has 0 bridgehead atoms. The molecular weight excluding hydrogens is 304 g/mol. The summed E-state index contributed by atoms with van der Waals surface area (Å²) in [5, 5.41) is 4.64. The van der Waals surface area contributed by atoms with Crippen molar-refractivity contribution in [2.45, 2.75) is 39.3 Å². The number of likely N-dealkylation sites (N-methyl/N-ethyl adjacent to an activating group) is 1. The third-order valence-corrected chi connectivity index (χ3v) is 3.61. The molecule has 0 aromatic heterocycles. The monoisotopic (exact) mass is 328 g/mol. The van der Waals surface area contributed by atoms with Gasteiger partial charge in [0.2, 0.25) is 5.91 Å². The van der Waals surface area contributed by atoms with Gasteiger partial charge in [-0.15, -0.1) is 0 Å². The zero-order valence-electron chi connectivity index (χ0n) is 14.8. The summed E-state index contributed by atoms with van der Waals surface area (Å²) in [6.45, 7) is 7.08. The van der Waals surface area contributed by atoms with Crippen LogP contribution in [0.3, 0.4) is 0 Å². The summed E-state index contributed by atoms with van der Waals surface area (Å²) in [5.74, 6) is -0.256. The number of carbonyl (C=O) groups excluding carboxylic acids is 2. The quantitative estimate of drug-likeness (QED) is 0.934.